The summed E-state index contributed by atoms with van der Waals surface area (Å²) in [5.74, 6) is -0.864. The van der Waals surface area contributed by atoms with Gasteiger partial charge in [0.2, 0.25) is 0 Å². The summed E-state index contributed by atoms with van der Waals surface area (Å²) in [6.07, 6.45) is 3.54. The highest BCUT2D eigenvalue weighted by molar-refractivity contribution is 5.70. The first-order chi connectivity index (χ1) is 8.39. The zero-order valence-corrected chi connectivity index (χ0v) is 11.5. The van der Waals surface area contributed by atoms with E-state index < -0.39 is 5.79 Å². The standard InChI is InChI=1S/C13H22O5/c1-10(2)17-12(14)9-15-7-5-6-11-8-16-13(3,4)18-11/h5-6,10-11H,7-9H2,1-4H3/b6-5+/t11-/m0/s1. The Bertz CT molecular complexity index is 296. The van der Waals surface area contributed by atoms with Crippen LogP contribution in [0.15, 0.2) is 12.2 Å². The van der Waals surface area contributed by atoms with E-state index in [9.17, 15) is 4.79 Å². The van der Waals surface area contributed by atoms with Crippen LogP contribution in [0, 0.1) is 0 Å². The van der Waals surface area contributed by atoms with Crippen molar-refractivity contribution in [3.63, 3.8) is 0 Å². The molecular weight excluding hydrogens is 236 g/mol. The predicted octanol–water partition coefficient (Wildman–Crippen LogP) is 1.66. The summed E-state index contributed by atoms with van der Waals surface area (Å²) in [7, 11) is 0. The van der Waals surface area contributed by atoms with Crippen molar-refractivity contribution in [1.29, 1.82) is 0 Å². The fraction of sp³-hybridized carbons (Fsp3) is 0.769. The van der Waals surface area contributed by atoms with Crippen molar-refractivity contribution < 1.29 is 23.7 Å². The average molecular weight is 258 g/mol. The molecule has 0 aromatic carbocycles. The Morgan fingerprint density at radius 2 is 2.22 bits per heavy atom. The minimum Gasteiger partial charge on any atom is -0.461 e. The van der Waals surface area contributed by atoms with E-state index in [1.165, 1.54) is 0 Å². The topological polar surface area (TPSA) is 54.0 Å². The summed E-state index contributed by atoms with van der Waals surface area (Å²) >= 11 is 0. The van der Waals surface area contributed by atoms with Crippen molar-refractivity contribution in [2.75, 3.05) is 19.8 Å². The zero-order chi connectivity index (χ0) is 13.6. The second-order valence-corrected chi connectivity index (χ2v) is 4.85. The molecule has 1 aliphatic heterocycles. The van der Waals surface area contributed by atoms with Crippen LogP contribution in [0.4, 0.5) is 0 Å². The normalized spacial score (nSPS) is 22.8. The van der Waals surface area contributed by atoms with Gasteiger partial charge in [-0.2, -0.15) is 0 Å². The number of carbonyl (C=O) groups excluding carboxylic acids is 1. The summed E-state index contributed by atoms with van der Waals surface area (Å²) in [4.78, 5) is 11.1. The largest absolute Gasteiger partial charge is 0.461 e. The van der Waals surface area contributed by atoms with Crippen LogP contribution in [0.5, 0.6) is 0 Å². The van der Waals surface area contributed by atoms with E-state index in [4.69, 9.17) is 18.9 Å². The fourth-order valence-electron chi connectivity index (χ4n) is 1.52. The predicted molar refractivity (Wildman–Crippen MR) is 66.1 cm³/mol. The van der Waals surface area contributed by atoms with Gasteiger partial charge in [0.1, 0.15) is 12.7 Å². The van der Waals surface area contributed by atoms with Gasteiger partial charge < -0.3 is 18.9 Å². The molecule has 0 saturated carbocycles. The maximum atomic E-state index is 11.1. The van der Waals surface area contributed by atoms with Crippen LogP contribution in [0.3, 0.4) is 0 Å². The summed E-state index contributed by atoms with van der Waals surface area (Å²) in [5, 5.41) is 0. The Kier molecular flexibility index (Phi) is 5.78. The Balaban J connectivity index is 2.09. The maximum absolute atomic E-state index is 11.1. The quantitative estimate of drug-likeness (QED) is 0.412. The van der Waals surface area contributed by atoms with Crippen LogP contribution in [-0.2, 0) is 23.7 Å². The summed E-state index contributed by atoms with van der Waals surface area (Å²) in [6.45, 7) is 8.22. The van der Waals surface area contributed by atoms with Gasteiger partial charge in [-0.25, -0.2) is 4.79 Å². The second-order valence-electron chi connectivity index (χ2n) is 4.85. The molecule has 1 heterocycles. The molecule has 0 amide bonds. The van der Waals surface area contributed by atoms with Crippen molar-refractivity contribution in [2.45, 2.75) is 45.7 Å². The van der Waals surface area contributed by atoms with Crippen molar-refractivity contribution in [3.8, 4) is 0 Å². The third-order valence-corrected chi connectivity index (χ3v) is 2.18. The van der Waals surface area contributed by atoms with E-state index >= 15 is 0 Å². The van der Waals surface area contributed by atoms with Crippen LogP contribution >= 0.6 is 0 Å². The first kappa shape index (κ1) is 15.1. The lowest BCUT2D eigenvalue weighted by atomic mass is 10.3. The van der Waals surface area contributed by atoms with E-state index in [0.29, 0.717) is 13.2 Å². The van der Waals surface area contributed by atoms with Gasteiger partial charge in [-0.3, -0.25) is 0 Å². The second kappa shape index (κ2) is 6.87. The first-order valence-electron chi connectivity index (χ1n) is 6.15. The van der Waals surface area contributed by atoms with Crippen molar-refractivity contribution in [3.05, 3.63) is 12.2 Å². The molecule has 0 spiro atoms. The molecule has 5 heteroatoms. The molecule has 0 aliphatic carbocycles. The van der Waals surface area contributed by atoms with Crippen LogP contribution in [0.1, 0.15) is 27.7 Å². The van der Waals surface area contributed by atoms with Gasteiger partial charge in [0.15, 0.2) is 5.79 Å². The van der Waals surface area contributed by atoms with Gasteiger partial charge in [0, 0.05) is 0 Å². The lowest BCUT2D eigenvalue weighted by molar-refractivity contribution is -0.152. The molecule has 1 fully saturated rings. The van der Waals surface area contributed by atoms with Crippen molar-refractivity contribution in [1.82, 2.24) is 0 Å². The fourth-order valence-corrected chi connectivity index (χ4v) is 1.52. The molecule has 0 aromatic rings. The molecule has 1 saturated heterocycles. The molecule has 1 atom stereocenters. The molecule has 0 aromatic heterocycles. The van der Waals surface area contributed by atoms with Gasteiger partial charge in [-0.1, -0.05) is 12.2 Å². The highest BCUT2D eigenvalue weighted by Gasteiger charge is 2.30. The van der Waals surface area contributed by atoms with E-state index in [1.54, 1.807) is 13.8 Å². The number of hydrogen-bond acceptors (Lipinski definition) is 5. The van der Waals surface area contributed by atoms with Gasteiger partial charge >= 0.3 is 5.97 Å². The monoisotopic (exact) mass is 258 g/mol. The summed E-state index contributed by atoms with van der Waals surface area (Å²) < 4.78 is 21.1. The van der Waals surface area contributed by atoms with E-state index in [2.05, 4.69) is 0 Å². The minimum absolute atomic E-state index is 0.0317. The third kappa shape index (κ3) is 6.14. The van der Waals surface area contributed by atoms with Crippen LogP contribution in [0.25, 0.3) is 0 Å². The lowest BCUT2D eigenvalue weighted by Gasteiger charge is -2.15. The molecule has 0 radical (unpaired) electrons. The number of carbonyl (C=O) groups is 1. The van der Waals surface area contributed by atoms with Gasteiger partial charge in [-0.15, -0.1) is 0 Å². The molecule has 0 unspecified atom stereocenters. The highest BCUT2D eigenvalue weighted by Crippen LogP contribution is 2.22. The van der Waals surface area contributed by atoms with E-state index in [1.807, 2.05) is 26.0 Å². The Morgan fingerprint density at radius 1 is 1.50 bits per heavy atom. The van der Waals surface area contributed by atoms with Gasteiger partial charge in [0.25, 0.3) is 0 Å². The average Bonchev–Trinajstić information content (AvgIpc) is 2.56. The third-order valence-electron chi connectivity index (χ3n) is 2.18. The minimum atomic E-state index is -0.517. The molecule has 0 bridgehead atoms. The van der Waals surface area contributed by atoms with Crippen LogP contribution in [0.2, 0.25) is 0 Å². The molecule has 5 nitrogen and oxygen atoms in total. The Labute approximate surface area is 108 Å². The molecule has 104 valence electrons. The number of esters is 1. The Morgan fingerprint density at radius 3 is 2.78 bits per heavy atom. The van der Waals surface area contributed by atoms with Gasteiger partial charge in [0.05, 0.1) is 19.3 Å². The number of hydrogen-bond donors (Lipinski definition) is 0. The number of ether oxygens (including phenoxy) is 4. The maximum Gasteiger partial charge on any atom is 0.332 e. The van der Waals surface area contributed by atoms with Crippen molar-refractivity contribution in [2.24, 2.45) is 0 Å². The highest BCUT2D eigenvalue weighted by atomic mass is 16.7. The Hall–Kier alpha value is -0.910. The molecule has 0 N–H and O–H groups in total. The SMILES string of the molecule is CC(C)OC(=O)COC/C=C/[C@H]1COC(C)(C)O1. The first-order valence-corrected chi connectivity index (χ1v) is 6.15. The van der Waals surface area contributed by atoms with Gasteiger partial charge in [-0.05, 0) is 27.7 Å². The molecule has 18 heavy (non-hydrogen) atoms. The van der Waals surface area contributed by atoms with E-state index in [-0.39, 0.29) is 24.8 Å². The smallest absolute Gasteiger partial charge is 0.332 e. The van der Waals surface area contributed by atoms with Crippen LogP contribution < -0.4 is 0 Å². The molecular formula is C13H22O5. The van der Waals surface area contributed by atoms with E-state index in [0.717, 1.165) is 0 Å². The molecule has 1 rings (SSSR count). The molecule has 1 aliphatic rings. The van der Waals surface area contributed by atoms with Crippen LogP contribution in [-0.4, -0.2) is 43.8 Å². The van der Waals surface area contributed by atoms with Crippen molar-refractivity contribution >= 4 is 5.97 Å². The summed E-state index contributed by atoms with van der Waals surface area (Å²) in [5.41, 5.74) is 0. The number of rotatable bonds is 6. The lowest BCUT2D eigenvalue weighted by Crippen LogP contribution is -2.20. The zero-order valence-electron chi connectivity index (χ0n) is 11.5. The summed E-state index contributed by atoms with van der Waals surface area (Å²) in [6, 6.07) is 0.